The van der Waals surface area contributed by atoms with E-state index in [9.17, 15) is 17.6 Å². The minimum Gasteiger partial charge on any atom is -0.251 e. The summed E-state index contributed by atoms with van der Waals surface area (Å²) in [6.45, 7) is 1.23. The summed E-state index contributed by atoms with van der Waals surface area (Å²) in [5.74, 6) is -3.60. The molecule has 0 saturated carbocycles. The summed E-state index contributed by atoms with van der Waals surface area (Å²) in [6, 6.07) is 0. The first-order valence-electron chi connectivity index (χ1n) is 2.41. The van der Waals surface area contributed by atoms with Crippen LogP contribution in [0.5, 0.6) is 0 Å². The molecule has 1 radical (unpaired) electrons. The van der Waals surface area contributed by atoms with Gasteiger partial charge in [0.1, 0.15) is 0 Å². The van der Waals surface area contributed by atoms with Gasteiger partial charge in [-0.05, 0) is 6.92 Å². The molecule has 0 saturated heterocycles. The second-order valence-electron chi connectivity index (χ2n) is 1.67. The quantitative estimate of drug-likeness (QED) is 0.531. The maximum atomic E-state index is 11.9. The molecular weight excluding hydrogens is 136 g/mol. The van der Waals surface area contributed by atoms with Crippen LogP contribution >= 0.6 is 0 Å². The Kier molecular flexibility index (Phi) is 2.94. The van der Waals surface area contributed by atoms with Crippen LogP contribution in [0.1, 0.15) is 6.42 Å². The molecule has 0 fully saturated rings. The Morgan fingerprint density at radius 2 is 1.89 bits per heavy atom. The van der Waals surface area contributed by atoms with Crippen molar-refractivity contribution in [1.82, 2.24) is 0 Å². The number of alkyl halides is 4. The lowest BCUT2D eigenvalue weighted by atomic mass is 10.2. The highest BCUT2D eigenvalue weighted by atomic mass is 19.3. The maximum absolute atomic E-state index is 11.9. The van der Waals surface area contributed by atoms with Gasteiger partial charge >= 0.3 is 0 Å². The van der Waals surface area contributed by atoms with Crippen molar-refractivity contribution in [2.45, 2.75) is 18.5 Å². The van der Waals surface area contributed by atoms with Crippen molar-refractivity contribution in [1.29, 1.82) is 0 Å². The molecule has 0 nitrogen and oxygen atoms in total. The zero-order valence-electron chi connectivity index (χ0n) is 4.71. The molecule has 4 heteroatoms. The Hall–Kier alpha value is -0.280. The monoisotopic (exact) mass is 143 g/mol. The van der Waals surface area contributed by atoms with E-state index in [4.69, 9.17) is 0 Å². The average molecular weight is 143 g/mol. The molecule has 1 atom stereocenters. The van der Waals surface area contributed by atoms with Crippen LogP contribution in [0.15, 0.2) is 0 Å². The summed E-state index contributed by atoms with van der Waals surface area (Å²) in [6.07, 6.45) is -3.59. The van der Waals surface area contributed by atoms with Crippen molar-refractivity contribution < 1.29 is 17.6 Å². The summed E-state index contributed by atoms with van der Waals surface area (Å²) >= 11 is 0. The number of halogens is 4. The Morgan fingerprint density at radius 1 is 1.44 bits per heavy atom. The highest BCUT2D eigenvalue weighted by Crippen LogP contribution is 2.24. The topological polar surface area (TPSA) is 0 Å². The van der Waals surface area contributed by atoms with Gasteiger partial charge in [-0.25, -0.2) is 13.2 Å². The molecule has 0 aliphatic rings. The van der Waals surface area contributed by atoms with Crippen LogP contribution in [0.3, 0.4) is 0 Å². The van der Waals surface area contributed by atoms with Gasteiger partial charge in [-0.1, -0.05) is 0 Å². The molecule has 55 valence electrons. The van der Waals surface area contributed by atoms with Gasteiger partial charge in [-0.2, -0.15) is 0 Å². The molecule has 0 aliphatic heterocycles. The molecule has 0 aliphatic carbocycles. The van der Waals surface area contributed by atoms with Gasteiger partial charge < -0.3 is 0 Å². The van der Waals surface area contributed by atoms with Crippen LogP contribution < -0.4 is 0 Å². The van der Waals surface area contributed by atoms with E-state index in [1.165, 1.54) is 0 Å². The molecule has 0 amide bonds. The smallest absolute Gasteiger partial charge is 0.251 e. The van der Waals surface area contributed by atoms with Gasteiger partial charge in [0.05, 0.1) is 6.67 Å². The molecule has 0 bridgehead atoms. The van der Waals surface area contributed by atoms with E-state index < -0.39 is 25.2 Å². The Bertz CT molecular complexity index is 79.0. The van der Waals surface area contributed by atoms with Crippen LogP contribution in [-0.2, 0) is 0 Å². The summed E-state index contributed by atoms with van der Waals surface area (Å²) in [5, 5.41) is 0. The Balaban J connectivity index is 3.70. The zero-order chi connectivity index (χ0) is 7.49. The molecule has 0 aromatic heterocycles. The predicted molar refractivity (Wildman–Crippen MR) is 25.8 cm³/mol. The molecule has 0 N–H and O–H groups in total. The third-order valence-electron chi connectivity index (χ3n) is 0.886. The number of hydrogen-bond donors (Lipinski definition) is 0. The summed E-state index contributed by atoms with van der Waals surface area (Å²) < 4.78 is 46.6. The largest absolute Gasteiger partial charge is 0.281 e. The van der Waals surface area contributed by atoms with Crippen LogP contribution in [0.25, 0.3) is 0 Å². The summed E-state index contributed by atoms with van der Waals surface area (Å²) in [5.41, 5.74) is 0. The molecular formula is C5H7F4. The van der Waals surface area contributed by atoms with Crippen LogP contribution in [0, 0.1) is 6.92 Å². The molecule has 0 spiro atoms. The first-order valence-corrected chi connectivity index (χ1v) is 2.41. The van der Waals surface area contributed by atoms with Crippen molar-refractivity contribution in [2.24, 2.45) is 0 Å². The lowest BCUT2D eigenvalue weighted by molar-refractivity contribution is -0.0649. The van der Waals surface area contributed by atoms with E-state index in [2.05, 4.69) is 6.92 Å². The lowest BCUT2D eigenvalue weighted by Crippen LogP contribution is -2.27. The van der Waals surface area contributed by atoms with Crippen LogP contribution in [0.4, 0.5) is 17.6 Å². The highest BCUT2D eigenvalue weighted by Gasteiger charge is 2.36. The normalized spacial score (nSPS) is 15.7. The molecule has 1 unspecified atom stereocenters. The predicted octanol–water partition coefficient (Wildman–Crippen LogP) is 2.15. The average Bonchev–Trinajstić information content (AvgIpc) is 1.65. The van der Waals surface area contributed by atoms with E-state index in [-0.39, 0.29) is 0 Å². The third kappa shape index (κ3) is 2.67. The van der Waals surface area contributed by atoms with Crippen LogP contribution in [-0.4, -0.2) is 18.8 Å². The van der Waals surface area contributed by atoms with Gasteiger partial charge in [-0.15, -0.1) is 0 Å². The molecule has 9 heavy (non-hydrogen) atoms. The van der Waals surface area contributed by atoms with Gasteiger partial charge in [0, 0.05) is 6.42 Å². The van der Waals surface area contributed by atoms with Gasteiger partial charge in [0.25, 0.3) is 5.92 Å². The first kappa shape index (κ1) is 8.72. The standard InChI is InChI=1S/C5H7F4/c1-4(7)5(8,9)2-3-6/h4H,1-3H2. The first-order chi connectivity index (χ1) is 4.00. The lowest BCUT2D eigenvalue weighted by Gasteiger charge is -2.14. The van der Waals surface area contributed by atoms with Gasteiger partial charge in [-0.3, -0.25) is 4.39 Å². The van der Waals surface area contributed by atoms with Gasteiger partial charge in [0.15, 0.2) is 6.17 Å². The minimum atomic E-state index is -3.60. The van der Waals surface area contributed by atoms with E-state index in [1.54, 1.807) is 0 Å². The Labute approximate surface area is 50.9 Å². The third-order valence-corrected chi connectivity index (χ3v) is 0.886. The second kappa shape index (κ2) is 3.03. The minimum absolute atomic E-state index is 1.09. The maximum Gasteiger partial charge on any atom is 0.281 e. The van der Waals surface area contributed by atoms with E-state index in [1.807, 2.05) is 0 Å². The molecule has 0 aromatic carbocycles. The fraction of sp³-hybridized carbons (Fsp3) is 0.800. The summed E-state index contributed by atoms with van der Waals surface area (Å²) in [7, 11) is 0. The fourth-order valence-electron chi connectivity index (χ4n) is 0.283. The highest BCUT2D eigenvalue weighted by molar-refractivity contribution is 4.77. The second-order valence-corrected chi connectivity index (χ2v) is 1.67. The van der Waals surface area contributed by atoms with E-state index >= 15 is 0 Å². The van der Waals surface area contributed by atoms with Crippen molar-refractivity contribution >= 4 is 0 Å². The van der Waals surface area contributed by atoms with E-state index in [0.29, 0.717) is 0 Å². The molecule has 0 aromatic rings. The van der Waals surface area contributed by atoms with E-state index in [0.717, 1.165) is 0 Å². The molecule has 0 rings (SSSR count). The van der Waals surface area contributed by atoms with Gasteiger partial charge in [0.2, 0.25) is 0 Å². The summed E-state index contributed by atoms with van der Waals surface area (Å²) in [4.78, 5) is 0. The van der Waals surface area contributed by atoms with Crippen molar-refractivity contribution in [3.05, 3.63) is 6.92 Å². The van der Waals surface area contributed by atoms with Crippen molar-refractivity contribution in [2.75, 3.05) is 6.67 Å². The Morgan fingerprint density at radius 3 is 2.00 bits per heavy atom. The molecule has 0 heterocycles. The SMILES string of the molecule is [CH2]C(F)C(F)(F)CCF. The zero-order valence-corrected chi connectivity index (χ0v) is 4.71. The van der Waals surface area contributed by atoms with Crippen molar-refractivity contribution in [3.63, 3.8) is 0 Å². The van der Waals surface area contributed by atoms with Crippen LogP contribution in [0.2, 0.25) is 0 Å². The number of hydrogen-bond acceptors (Lipinski definition) is 0. The van der Waals surface area contributed by atoms with Crippen molar-refractivity contribution in [3.8, 4) is 0 Å². The number of rotatable bonds is 3. The fourth-order valence-corrected chi connectivity index (χ4v) is 0.283.